The normalized spacial score (nSPS) is 27.2. The maximum Gasteiger partial charge on any atom is 0.416 e. The van der Waals surface area contributed by atoms with Crippen molar-refractivity contribution in [1.29, 1.82) is 0 Å². The summed E-state index contributed by atoms with van der Waals surface area (Å²) in [5, 5.41) is 0. The van der Waals surface area contributed by atoms with E-state index in [9.17, 15) is 13.2 Å². The molecule has 2 nitrogen and oxygen atoms in total. The quantitative estimate of drug-likeness (QED) is 0.268. The molecule has 1 saturated heterocycles. The Kier molecular flexibility index (Phi) is 9.76. The molecule has 1 aliphatic carbocycles. The smallest absolute Gasteiger partial charge is 0.416 e. The summed E-state index contributed by atoms with van der Waals surface area (Å²) < 4.78 is 48.9. The second-order valence-corrected chi connectivity index (χ2v) is 13.4. The van der Waals surface area contributed by atoms with Crippen molar-refractivity contribution in [3.8, 4) is 5.75 Å². The summed E-state index contributed by atoms with van der Waals surface area (Å²) in [4.78, 5) is 0. The van der Waals surface area contributed by atoms with Gasteiger partial charge in [-0.15, -0.1) is 0 Å². The minimum Gasteiger partial charge on any atom is -0.493 e. The molecule has 0 spiro atoms. The molecule has 1 aromatic carbocycles. The third kappa shape index (κ3) is 8.12. The van der Waals surface area contributed by atoms with Crippen LogP contribution in [0.5, 0.6) is 5.75 Å². The van der Waals surface area contributed by atoms with Gasteiger partial charge in [0.2, 0.25) is 0 Å². The largest absolute Gasteiger partial charge is 0.493 e. The monoisotopic (exact) mass is 456 g/mol. The topological polar surface area (TPSA) is 18.5 Å². The molecular formula is C25H39F3O2Si. The Morgan fingerprint density at radius 3 is 2.16 bits per heavy atom. The van der Waals surface area contributed by atoms with E-state index >= 15 is 0 Å². The molecule has 1 heterocycles. The minimum absolute atomic E-state index is 0.546. The zero-order valence-corrected chi connectivity index (χ0v) is 20.1. The maximum atomic E-state index is 12.7. The molecule has 2 aliphatic rings. The molecule has 176 valence electrons. The van der Waals surface area contributed by atoms with Crippen LogP contribution in [0.25, 0.3) is 0 Å². The van der Waals surface area contributed by atoms with Crippen LogP contribution >= 0.6 is 0 Å². The number of halogens is 3. The SMILES string of the molecule is COCCCCCC1CC[SiH](C2CCC(COc3ccc(C(F)(F)F)cc3)CC2)CC1. The molecule has 0 radical (unpaired) electrons. The van der Waals surface area contributed by atoms with E-state index in [-0.39, 0.29) is 0 Å². The minimum atomic E-state index is -4.29. The molecule has 1 aromatic rings. The number of unbranched alkanes of at least 4 members (excludes halogenated alkanes) is 2. The molecule has 0 atom stereocenters. The van der Waals surface area contributed by atoms with Gasteiger partial charge in [-0.05, 0) is 60.9 Å². The van der Waals surface area contributed by atoms with Crippen LogP contribution in [-0.2, 0) is 10.9 Å². The Balaban J connectivity index is 1.29. The van der Waals surface area contributed by atoms with Gasteiger partial charge in [-0.25, -0.2) is 0 Å². The predicted molar refractivity (Wildman–Crippen MR) is 122 cm³/mol. The summed E-state index contributed by atoms with van der Waals surface area (Å²) in [6.45, 7) is 1.53. The lowest BCUT2D eigenvalue weighted by Crippen LogP contribution is -2.30. The lowest BCUT2D eigenvalue weighted by molar-refractivity contribution is -0.137. The van der Waals surface area contributed by atoms with Crippen molar-refractivity contribution in [2.45, 2.75) is 88.0 Å². The number of alkyl halides is 3. The summed E-state index contributed by atoms with van der Waals surface area (Å²) >= 11 is 0. The molecular weight excluding hydrogens is 417 g/mol. The standard InChI is InChI=1S/C25H39F3O2Si/c1-29-16-4-2-3-5-20-14-17-31(18-15-20)24-12-6-21(7-13-24)19-30-23-10-8-22(9-11-23)25(26,27)28/h8-11,20-21,24,31H,2-7,12-19H2,1H3. The molecule has 0 amide bonds. The summed E-state index contributed by atoms with van der Waals surface area (Å²) in [5.74, 6) is 2.07. The van der Waals surface area contributed by atoms with Crippen LogP contribution < -0.4 is 4.74 Å². The molecule has 2 fully saturated rings. The number of rotatable bonds is 10. The van der Waals surface area contributed by atoms with E-state index < -0.39 is 20.5 Å². The van der Waals surface area contributed by atoms with Crippen molar-refractivity contribution in [3.63, 3.8) is 0 Å². The Morgan fingerprint density at radius 2 is 1.55 bits per heavy atom. The Labute approximate surface area is 187 Å². The van der Waals surface area contributed by atoms with Crippen molar-refractivity contribution < 1.29 is 22.6 Å². The molecule has 1 saturated carbocycles. The first-order valence-corrected chi connectivity index (χ1v) is 14.5. The lowest BCUT2D eigenvalue weighted by atomic mass is 9.89. The summed E-state index contributed by atoms with van der Waals surface area (Å²) in [6.07, 6.45) is 9.08. The van der Waals surface area contributed by atoms with Crippen molar-refractivity contribution in [3.05, 3.63) is 29.8 Å². The fourth-order valence-corrected chi connectivity index (χ4v) is 9.94. The van der Waals surface area contributed by atoms with E-state index in [4.69, 9.17) is 9.47 Å². The highest BCUT2D eigenvalue weighted by Gasteiger charge is 2.32. The zero-order chi connectivity index (χ0) is 22.1. The third-order valence-electron chi connectivity index (χ3n) is 7.58. The molecule has 3 rings (SSSR count). The Hall–Kier alpha value is -1.01. The highest BCUT2D eigenvalue weighted by molar-refractivity contribution is 6.60. The molecule has 0 N–H and O–H groups in total. The number of benzene rings is 1. The number of hydrogen-bond donors (Lipinski definition) is 0. The number of methoxy groups -OCH3 is 1. The predicted octanol–water partition coefficient (Wildman–Crippen LogP) is 7.49. The number of hydrogen-bond acceptors (Lipinski definition) is 2. The van der Waals surface area contributed by atoms with Crippen LogP contribution in [-0.4, -0.2) is 29.1 Å². The van der Waals surface area contributed by atoms with Gasteiger partial charge in [0.15, 0.2) is 0 Å². The molecule has 1 aliphatic heterocycles. The second-order valence-electron chi connectivity index (χ2n) is 9.74. The van der Waals surface area contributed by atoms with Crippen LogP contribution in [0.1, 0.15) is 69.8 Å². The molecule has 0 aromatic heterocycles. The average molecular weight is 457 g/mol. The van der Waals surface area contributed by atoms with Gasteiger partial charge in [-0.1, -0.05) is 57.0 Å². The van der Waals surface area contributed by atoms with E-state index in [1.165, 1.54) is 76.3 Å². The van der Waals surface area contributed by atoms with E-state index in [0.29, 0.717) is 18.3 Å². The summed E-state index contributed by atoms with van der Waals surface area (Å²) in [6, 6.07) is 8.18. The van der Waals surface area contributed by atoms with Gasteiger partial charge in [0.1, 0.15) is 5.75 Å². The Morgan fingerprint density at radius 1 is 0.871 bits per heavy atom. The average Bonchev–Trinajstić information content (AvgIpc) is 2.78. The van der Waals surface area contributed by atoms with Gasteiger partial charge in [-0.3, -0.25) is 0 Å². The number of ether oxygens (including phenoxy) is 2. The first kappa shape index (κ1) is 24.6. The van der Waals surface area contributed by atoms with E-state index in [1.807, 2.05) is 0 Å². The van der Waals surface area contributed by atoms with Crippen molar-refractivity contribution >= 4 is 8.80 Å². The van der Waals surface area contributed by atoms with Crippen LogP contribution in [0.2, 0.25) is 17.6 Å². The van der Waals surface area contributed by atoms with Gasteiger partial charge in [0.25, 0.3) is 0 Å². The fourth-order valence-electron chi connectivity index (χ4n) is 5.59. The highest BCUT2D eigenvalue weighted by atomic mass is 28.3. The second kappa shape index (κ2) is 12.3. The summed E-state index contributed by atoms with van der Waals surface area (Å²) in [7, 11) is 1.19. The third-order valence-corrected chi connectivity index (χ3v) is 11.7. The molecule has 31 heavy (non-hydrogen) atoms. The molecule has 0 bridgehead atoms. The highest BCUT2D eigenvalue weighted by Crippen LogP contribution is 2.42. The van der Waals surface area contributed by atoms with Gasteiger partial charge in [0, 0.05) is 22.5 Å². The van der Waals surface area contributed by atoms with E-state index in [0.717, 1.165) is 30.2 Å². The van der Waals surface area contributed by atoms with E-state index in [1.54, 1.807) is 19.2 Å². The lowest BCUT2D eigenvalue weighted by Gasteiger charge is -2.37. The van der Waals surface area contributed by atoms with Gasteiger partial charge < -0.3 is 9.47 Å². The van der Waals surface area contributed by atoms with Crippen LogP contribution in [0.3, 0.4) is 0 Å². The van der Waals surface area contributed by atoms with Crippen LogP contribution in [0.4, 0.5) is 13.2 Å². The van der Waals surface area contributed by atoms with Crippen LogP contribution in [0, 0.1) is 11.8 Å². The van der Waals surface area contributed by atoms with Gasteiger partial charge >= 0.3 is 6.18 Å². The van der Waals surface area contributed by atoms with Crippen molar-refractivity contribution in [1.82, 2.24) is 0 Å². The first-order chi connectivity index (χ1) is 15.0. The van der Waals surface area contributed by atoms with Crippen molar-refractivity contribution in [2.24, 2.45) is 11.8 Å². The van der Waals surface area contributed by atoms with Gasteiger partial charge in [-0.2, -0.15) is 13.2 Å². The maximum absolute atomic E-state index is 12.7. The first-order valence-electron chi connectivity index (χ1n) is 12.2. The molecule has 0 unspecified atom stereocenters. The fraction of sp³-hybridized carbons (Fsp3) is 0.760. The zero-order valence-electron chi connectivity index (χ0n) is 19.0. The molecule has 6 heteroatoms. The van der Waals surface area contributed by atoms with E-state index in [2.05, 4.69) is 0 Å². The van der Waals surface area contributed by atoms with Gasteiger partial charge in [0.05, 0.1) is 12.2 Å². The van der Waals surface area contributed by atoms with Crippen LogP contribution in [0.15, 0.2) is 24.3 Å². The Bertz CT molecular complexity index is 619. The van der Waals surface area contributed by atoms with Crippen molar-refractivity contribution in [2.75, 3.05) is 20.3 Å². The summed E-state index contributed by atoms with van der Waals surface area (Å²) in [5.41, 5.74) is 0.385.